The molecule has 0 radical (unpaired) electrons. The fourth-order valence-electron chi connectivity index (χ4n) is 4.07. The highest BCUT2D eigenvalue weighted by molar-refractivity contribution is 7.90. The standard InChI is InChI=1S/C26H35O6P.H2OP/c1-17(15-26(2,3)4)16-33(24(27)22-18(29-5)11-9-12-19(22)30-6)25(28)23-20(31-7)13-10-14-21(23)32-8;1-2/h9-14,17H,15-16H2,1-8H3;2H2/q;+1. The molecule has 0 aromatic heterocycles. The zero-order chi connectivity index (χ0) is 26.8. The van der Waals surface area contributed by atoms with Crippen molar-refractivity contribution in [3.05, 3.63) is 47.5 Å². The Balaban J connectivity index is 0.00000298. The number of hydrogen-bond acceptors (Lipinski definition) is 7. The van der Waals surface area contributed by atoms with Gasteiger partial charge in [0.2, 0.25) is 0 Å². The summed E-state index contributed by atoms with van der Waals surface area (Å²) < 4.78 is 30.0. The third kappa shape index (κ3) is 8.02. The van der Waals surface area contributed by atoms with E-state index in [1.807, 2.05) is 0 Å². The van der Waals surface area contributed by atoms with Gasteiger partial charge in [-0.1, -0.05) is 44.4 Å². The van der Waals surface area contributed by atoms with E-state index in [2.05, 4.69) is 27.7 Å². The summed E-state index contributed by atoms with van der Waals surface area (Å²) in [5, 5.41) is 0. The van der Waals surface area contributed by atoms with E-state index in [0.717, 1.165) is 6.42 Å². The van der Waals surface area contributed by atoms with Crippen LogP contribution in [0.15, 0.2) is 36.4 Å². The molecule has 0 heterocycles. The minimum absolute atomic E-state index is 0.0662. The van der Waals surface area contributed by atoms with Crippen LogP contribution in [0.4, 0.5) is 0 Å². The molecule has 192 valence electrons. The average molecular weight is 524 g/mol. The number of carbonyl (C=O) groups excluding carboxylic acids is 2. The fraction of sp³-hybridized carbons (Fsp3) is 0.462. The Morgan fingerprint density at radius 3 is 1.34 bits per heavy atom. The molecule has 0 bridgehead atoms. The molecular weight excluding hydrogens is 486 g/mol. The zero-order valence-electron chi connectivity index (χ0n) is 21.8. The molecule has 0 saturated carbocycles. The van der Waals surface area contributed by atoms with Crippen LogP contribution in [0.25, 0.3) is 0 Å². The molecule has 7 nitrogen and oxygen atoms in total. The normalized spacial score (nSPS) is 11.7. The highest BCUT2D eigenvalue weighted by Gasteiger charge is 2.36. The van der Waals surface area contributed by atoms with E-state index in [9.17, 15) is 9.59 Å². The highest BCUT2D eigenvalue weighted by atomic mass is 31.1. The number of carbonyl (C=O) groups is 2. The number of hydrogen-bond donors (Lipinski definition) is 0. The Kier molecular flexibility index (Phi) is 12.4. The van der Waals surface area contributed by atoms with Crippen LogP contribution in [0.5, 0.6) is 23.0 Å². The van der Waals surface area contributed by atoms with Gasteiger partial charge in [0.25, 0.3) is 0 Å². The van der Waals surface area contributed by atoms with E-state index in [1.165, 1.54) is 37.6 Å². The van der Waals surface area contributed by atoms with E-state index >= 15 is 0 Å². The first kappa shape index (κ1) is 30.5. The molecule has 0 aliphatic rings. The van der Waals surface area contributed by atoms with E-state index in [4.69, 9.17) is 23.5 Å². The summed E-state index contributed by atoms with van der Waals surface area (Å²) in [6.07, 6.45) is 1.31. The molecule has 35 heavy (non-hydrogen) atoms. The summed E-state index contributed by atoms with van der Waals surface area (Å²) in [6.45, 7) is 8.55. The van der Waals surface area contributed by atoms with Gasteiger partial charge in [0, 0.05) is 7.92 Å². The van der Waals surface area contributed by atoms with Gasteiger partial charge in [0.15, 0.2) is 11.0 Å². The van der Waals surface area contributed by atoms with Gasteiger partial charge in [0.05, 0.1) is 28.4 Å². The van der Waals surface area contributed by atoms with Gasteiger partial charge >= 0.3 is 9.12 Å². The topological polar surface area (TPSA) is 88.1 Å². The Labute approximate surface area is 211 Å². The van der Waals surface area contributed by atoms with Gasteiger partial charge in [-0.05, 0) is 48.2 Å². The van der Waals surface area contributed by atoms with E-state index in [-0.39, 0.29) is 22.4 Å². The van der Waals surface area contributed by atoms with Crippen LogP contribution in [0.1, 0.15) is 54.8 Å². The molecule has 0 spiro atoms. The third-order valence-electron chi connectivity index (χ3n) is 5.23. The summed E-state index contributed by atoms with van der Waals surface area (Å²) in [5.41, 5.74) is 0.0881. The average Bonchev–Trinajstić information content (AvgIpc) is 2.85. The van der Waals surface area contributed by atoms with E-state index < -0.39 is 7.92 Å². The second-order valence-electron chi connectivity index (χ2n) is 9.17. The summed E-state index contributed by atoms with van der Waals surface area (Å²) in [4.78, 5) is 28.0. The van der Waals surface area contributed by atoms with Gasteiger partial charge < -0.3 is 18.9 Å². The molecule has 0 aliphatic heterocycles. The molecule has 2 atom stereocenters. The first-order valence-corrected chi connectivity index (χ1v) is 13.1. The lowest BCUT2D eigenvalue weighted by molar-refractivity contribution is 0.104. The van der Waals surface area contributed by atoms with Crippen molar-refractivity contribution in [2.24, 2.45) is 11.3 Å². The minimum atomic E-state index is -1.81. The molecule has 2 rings (SSSR count). The molecule has 0 N–H and O–H groups in total. The van der Waals surface area contributed by atoms with Crippen LogP contribution >= 0.6 is 17.0 Å². The maximum absolute atomic E-state index is 14.0. The number of benzene rings is 2. The molecular formula is C26H37O7P2+. The largest absolute Gasteiger partial charge is 0.496 e. The SMILES string of the molecule is COc1cccc(OC)c1C(=O)P(CC(C)CC(C)(C)C)C(=O)c1c(OC)cccc1OC.O=[PH2+]. The summed E-state index contributed by atoms with van der Waals surface area (Å²) in [5.74, 6) is 1.68. The van der Waals surface area contributed by atoms with Gasteiger partial charge in [-0.25, -0.2) is 0 Å². The maximum atomic E-state index is 14.0. The molecule has 2 aromatic carbocycles. The maximum Gasteiger partial charge on any atom is 0.310 e. The van der Waals surface area contributed by atoms with Gasteiger partial charge in [-0.2, -0.15) is 0 Å². The molecule has 2 aromatic rings. The quantitative estimate of drug-likeness (QED) is 0.312. The lowest BCUT2D eigenvalue weighted by Crippen LogP contribution is -2.19. The summed E-state index contributed by atoms with van der Waals surface area (Å²) in [7, 11) is 5.36. The van der Waals surface area contributed by atoms with Crippen molar-refractivity contribution < 1.29 is 33.1 Å². The van der Waals surface area contributed by atoms with Crippen molar-refractivity contribution in [2.45, 2.75) is 34.1 Å². The Morgan fingerprint density at radius 2 is 1.09 bits per heavy atom. The van der Waals surface area contributed by atoms with Gasteiger partial charge in [-0.3, -0.25) is 9.59 Å². The van der Waals surface area contributed by atoms with Crippen molar-refractivity contribution in [2.75, 3.05) is 34.6 Å². The molecule has 9 heteroatoms. The van der Waals surface area contributed by atoms with Crippen LogP contribution in [0.2, 0.25) is 0 Å². The molecule has 0 amide bonds. The Morgan fingerprint density at radius 1 is 0.771 bits per heavy atom. The molecule has 0 saturated heterocycles. The van der Waals surface area contributed by atoms with Crippen LogP contribution in [-0.4, -0.2) is 45.6 Å². The first-order chi connectivity index (χ1) is 16.6. The third-order valence-corrected chi connectivity index (χ3v) is 7.65. The van der Waals surface area contributed by atoms with Crippen molar-refractivity contribution >= 4 is 28.1 Å². The fourth-order valence-corrected chi connectivity index (χ4v) is 6.32. The van der Waals surface area contributed by atoms with Crippen molar-refractivity contribution in [1.82, 2.24) is 0 Å². The van der Waals surface area contributed by atoms with Crippen molar-refractivity contribution in [1.29, 1.82) is 0 Å². The Bertz CT molecular complexity index is 890. The minimum Gasteiger partial charge on any atom is -0.496 e. The number of methoxy groups -OCH3 is 4. The monoisotopic (exact) mass is 523 g/mol. The lowest BCUT2D eigenvalue weighted by Gasteiger charge is -2.27. The van der Waals surface area contributed by atoms with Crippen LogP contribution in [-0.2, 0) is 4.57 Å². The van der Waals surface area contributed by atoms with Crippen LogP contribution in [0, 0.1) is 11.3 Å². The van der Waals surface area contributed by atoms with Crippen LogP contribution in [0.3, 0.4) is 0 Å². The predicted molar refractivity (Wildman–Crippen MR) is 143 cm³/mol. The summed E-state index contributed by atoms with van der Waals surface area (Å²) >= 11 is 0. The van der Waals surface area contributed by atoms with Crippen molar-refractivity contribution in [3.8, 4) is 23.0 Å². The molecule has 2 unspecified atom stereocenters. The van der Waals surface area contributed by atoms with Crippen molar-refractivity contribution in [3.63, 3.8) is 0 Å². The lowest BCUT2D eigenvalue weighted by atomic mass is 9.86. The number of ether oxygens (including phenoxy) is 4. The zero-order valence-corrected chi connectivity index (χ0v) is 23.9. The Hall–Kier alpha value is -2.49. The number of rotatable bonds is 11. The second-order valence-corrected chi connectivity index (χ2v) is 11.2. The smallest absolute Gasteiger partial charge is 0.310 e. The summed E-state index contributed by atoms with van der Waals surface area (Å²) in [6, 6.07) is 10.3. The van der Waals surface area contributed by atoms with Gasteiger partial charge in [0.1, 0.15) is 34.1 Å². The first-order valence-electron chi connectivity index (χ1n) is 11.1. The highest BCUT2D eigenvalue weighted by Crippen LogP contribution is 2.51. The van der Waals surface area contributed by atoms with E-state index in [0.29, 0.717) is 40.3 Å². The van der Waals surface area contributed by atoms with Gasteiger partial charge in [-0.15, -0.1) is 0 Å². The van der Waals surface area contributed by atoms with Crippen LogP contribution < -0.4 is 18.9 Å². The second kappa shape index (κ2) is 14.2. The molecule has 0 fully saturated rings. The van der Waals surface area contributed by atoms with E-state index in [1.54, 1.807) is 36.4 Å². The molecule has 0 aliphatic carbocycles. The predicted octanol–water partition coefficient (Wildman–Crippen LogP) is 6.46.